The van der Waals surface area contributed by atoms with Crippen LogP contribution in [0.25, 0.3) is 0 Å². The van der Waals surface area contributed by atoms with E-state index in [1.807, 2.05) is 6.92 Å². The number of benzene rings is 3. The molecule has 0 radical (unpaired) electrons. The average Bonchev–Trinajstić information content (AvgIpc) is 3.08. The van der Waals surface area contributed by atoms with Crippen molar-refractivity contribution >= 4 is 56.4 Å². The molecule has 0 atom stereocenters. The zero-order valence-corrected chi connectivity index (χ0v) is 21.0. The van der Waals surface area contributed by atoms with Gasteiger partial charge in [-0.1, -0.05) is 17.7 Å². The summed E-state index contributed by atoms with van der Waals surface area (Å²) in [4.78, 5) is 39.3. The van der Waals surface area contributed by atoms with E-state index in [1.54, 1.807) is 42.5 Å². The van der Waals surface area contributed by atoms with Gasteiger partial charge in [0.2, 0.25) is 10.0 Å². The van der Waals surface area contributed by atoms with Gasteiger partial charge in [-0.25, -0.2) is 18.5 Å². The van der Waals surface area contributed by atoms with Crippen LogP contribution >= 0.6 is 11.6 Å². The molecule has 1 heterocycles. The number of carbonyl (C=O) groups is 3. The minimum atomic E-state index is -3.85. The normalized spacial score (nSPS) is 13.6. The van der Waals surface area contributed by atoms with E-state index in [0.29, 0.717) is 29.4 Å². The molecule has 3 amide bonds. The Hall–Kier alpha value is -4.19. The van der Waals surface area contributed by atoms with Crippen molar-refractivity contribution in [3.63, 3.8) is 0 Å². The molecule has 3 aromatic rings. The van der Waals surface area contributed by atoms with Crippen LogP contribution in [0.4, 0.5) is 17.1 Å². The topological polar surface area (TPSA) is 148 Å². The van der Waals surface area contributed by atoms with Crippen molar-refractivity contribution in [2.45, 2.75) is 11.8 Å². The molecule has 12 heteroatoms. The van der Waals surface area contributed by atoms with Gasteiger partial charge in [-0.05, 0) is 73.7 Å². The Balaban J connectivity index is 1.49. The number of hydrogen-bond acceptors (Lipinski definition) is 7. The first-order valence-corrected chi connectivity index (χ1v) is 12.8. The fourth-order valence-corrected chi connectivity index (χ4v) is 4.25. The number of imide groups is 1. The number of carbonyl (C=O) groups excluding carboxylic acids is 3. The molecular formula is C25H21ClN4O6S. The number of nitrogens with one attached hydrogen (secondary N) is 2. The number of nitrogens with zero attached hydrogens (tertiary/aromatic N) is 1. The number of hydrogen-bond donors (Lipinski definition) is 3. The molecule has 0 spiro atoms. The summed E-state index contributed by atoms with van der Waals surface area (Å²) in [7, 11) is -3.85. The van der Waals surface area contributed by atoms with Gasteiger partial charge in [0.15, 0.2) is 0 Å². The van der Waals surface area contributed by atoms with E-state index in [9.17, 15) is 22.8 Å². The fourth-order valence-electron chi connectivity index (χ4n) is 3.52. The molecular weight excluding hydrogens is 520 g/mol. The Bertz CT molecular complexity index is 1520. The second kappa shape index (κ2) is 10.4. The summed E-state index contributed by atoms with van der Waals surface area (Å²) in [5.41, 5.74) is 1.13. The minimum absolute atomic E-state index is 0.0862. The zero-order chi connectivity index (χ0) is 26.7. The summed E-state index contributed by atoms with van der Waals surface area (Å²) in [6, 6.07) is 18.0. The van der Waals surface area contributed by atoms with Gasteiger partial charge in [-0.2, -0.15) is 0 Å². The second-order valence-corrected chi connectivity index (χ2v) is 9.73. The van der Waals surface area contributed by atoms with Crippen molar-refractivity contribution in [1.82, 2.24) is 0 Å². The van der Waals surface area contributed by atoms with Gasteiger partial charge in [-0.3, -0.25) is 14.4 Å². The molecule has 0 aromatic heterocycles. The summed E-state index contributed by atoms with van der Waals surface area (Å²) in [5.74, 6) is -1.23. The van der Waals surface area contributed by atoms with Gasteiger partial charge in [0.25, 0.3) is 17.7 Å². The molecule has 1 aliphatic heterocycles. The molecule has 0 bridgehead atoms. The molecule has 4 N–H and O–H groups in total. The molecule has 0 saturated carbocycles. The van der Waals surface area contributed by atoms with Crippen molar-refractivity contribution < 1.29 is 27.5 Å². The molecule has 37 heavy (non-hydrogen) atoms. The standard InChI is InChI=1S/C25H21ClN4O6S/c1-2-36-19-10-8-18(9-11-19)30-24(32)21(26)22(25(30)33)28-17-5-3-4-15(14-17)23(31)29-16-6-12-20(13-7-16)37(27,34)35/h3-14,28H,2H2,1H3,(H,29,31)(H2,27,34,35). The SMILES string of the molecule is CCOc1ccc(N2C(=O)C(Cl)=C(Nc3cccc(C(=O)Nc4ccc(S(N)(=O)=O)cc4)c3)C2=O)cc1. The van der Waals surface area contributed by atoms with E-state index in [1.165, 1.54) is 30.3 Å². The van der Waals surface area contributed by atoms with Gasteiger partial charge in [0, 0.05) is 16.9 Å². The second-order valence-electron chi connectivity index (χ2n) is 7.79. The van der Waals surface area contributed by atoms with Gasteiger partial charge in [0.1, 0.15) is 16.5 Å². The van der Waals surface area contributed by atoms with E-state index in [0.717, 1.165) is 4.90 Å². The number of amides is 3. The third kappa shape index (κ3) is 5.64. The number of ether oxygens (including phenoxy) is 1. The average molecular weight is 541 g/mol. The van der Waals surface area contributed by atoms with Crippen LogP contribution in [0.1, 0.15) is 17.3 Å². The summed E-state index contributed by atoms with van der Waals surface area (Å²) >= 11 is 6.20. The highest BCUT2D eigenvalue weighted by Crippen LogP contribution is 2.31. The van der Waals surface area contributed by atoms with Crippen LogP contribution in [-0.4, -0.2) is 32.7 Å². The number of nitrogens with two attached hydrogens (primary N) is 1. The largest absolute Gasteiger partial charge is 0.494 e. The third-order valence-electron chi connectivity index (χ3n) is 5.27. The molecule has 0 saturated heterocycles. The Morgan fingerprint density at radius 1 is 0.973 bits per heavy atom. The van der Waals surface area contributed by atoms with E-state index < -0.39 is 27.7 Å². The van der Waals surface area contributed by atoms with Gasteiger partial charge >= 0.3 is 0 Å². The number of rotatable bonds is 8. The Morgan fingerprint density at radius 2 is 1.65 bits per heavy atom. The van der Waals surface area contributed by atoms with Crippen LogP contribution in [-0.2, 0) is 19.6 Å². The van der Waals surface area contributed by atoms with Gasteiger partial charge in [0.05, 0.1) is 17.2 Å². The van der Waals surface area contributed by atoms with E-state index in [-0.39, 0.29) is 21.2 Å². The quantitative estimate of drug-likeness (QED) is 0.371. The first-order chi connectivity index (χ1) is 17.6. The van der Waals surface area contributed by atoms with Crippen LogP contribution in [0.15, 0.2) is 88.4 Å². The third-order valence-corrected chi connectivity index (χ3v) is 6.55. The summed E-state index contributed by atoms with van der Waals surface area (Å²) < 4.78 is 28.2. The predicted molar refractivity (Wildman–Crippen MR) is 139 cm³/mol. The van der Waals surface area contributed by atoms with Gasteiger partial charge < -0.3 is 15.4 Å². The maximum Gasteiger partial charge on any atom is 0.283 e. The van der Waals surface area contributed by atoms with Crippen molar-refractivity contribution in [1.29, 1.82) is 0 Å². The lowest BCUT2D eigenvalue weighted by atomic mass is 10.1. The first kappa shape index (κ1) is 25.9. The van der Waals surface area contributed by atoms with Crippen LogP contribution in [0, 0.1) is 0 Å². The highest BCUT2D eigenvalue weighted by molar-refractivity contribution is 7.89. The fraction of sp³-hybridized carbons (Fsp3) is 0.0800. The molecule has 0 aliphatic carbocycles. The molecule has 190 valence electrons. The van der Waals surface area contributed by atoms with E-state index >= 15 is 0 Å². The van der Waals surface area contributed by atoms with Crippen LogP contribution < -0.4 is 25.4 Å². The highest BCUT2D eigenvalue weighted by atomic mass is 35.5. The lowest BCUT2D eigenvalue weighted by molar-refractivity contribution is -0.120. The predicted octanol–water partition coefficient (Wildman–Crippen LogP) is 3.42. The number of anilines is 3. The molecule has 1 aliphatic rings. The van der Waals surface area contributed by atoms with E-state index in [2.05, 4.69) is 10.6 Å². The van der Waals surface area contributed by atoms with Crippen molar-refractivity contribution in [2.24, 2.45) is 5.14 Å². The molecule has 0 fully saturated rings. The Kier molecular flexibility index (Phi) is 7.30. The van der Waals surface area contributed by atoms with Crippen LogP contribution in [0.5, 0.6) is 5.75 Å². The molecule has 0 unspecified atom stereocenters. The summed E-state index contributed by atoms with van der Waals surface area (Å²) in [6.45, 7) is 2.32. The molecule has 4 rings (SSSR count). The van der Waals surface area contributed by atoms with Crippen LogP contribution in [0.3, 0.4) is 0 Å². The number of primary sulfonamides is 1. The molecule has 3 aromatic carbocycles. The molecule has 10 nitrogen and oxygen atoms in total. The van der Waals surface area contributed by atoms with Crippen molar-refractivity contribution in [3.05, 3.63) is 89.1 Å². The maximum absolute atomic E-state index is 13.0. The number of sulfonamides is 1. The Morgan fingerprint density at radius 3 is 2.27 bits per heavy atom. The monoisotopic (exact) mass is 540 g/mol. The van der Waals surface area contributed by atoms with Gasteiger partial charge in [-0.15, -0.1) is 0 Å². The lowest BCUT2D eigenvalue weighted by Crippen LogP contribution is -2.32. The highest BCUT2D eigenvalue weighted by Gasteiger charge is 2.39. The van der Waals surface area contributed by atoms with Crippen LogP contribution in [0.2, 0.25) is 0 Å². The zero-order valence-electron chi connectivity index (χ0n) is 19.4. The minimum Gasteiger partial charge on any atom is -0.494 e. The van der Waals surface area contributed by atoms with Crippen molar-refractivity contribution in [3.8, 4) is 5.75 Å². The van der Waals surface area contributed by atoms with E-state index in [4.69, 9.17) is 21.5 Å². The number of halogens is 1. The maximum atomic E-state index is 13.0. The van der Waals surface area contributed by atoms with Crippen molar-refractivity contribution in [2.75, 3.05) is 22.1 Å². The Labute approximate surface area is 217 Å². The lowest BCUT2D eigenvalue weighted by Gasteiger charge is -2.16. The smallest absolute Gasteiger partial charge is 0.283 e. The first-order valence-electron chi connectivity index (χ1n) is 10.9. The summed E-state index contributed by atoms with van der Waals surface area (Å²) in [5, 5.41) is 10.3. The summed E-state index contributed by atoms with van der Waals surface area (Å²) in [6.07, 6.45) is 0.